The van der Waals surface area contributed by atoms with Gasteiger partial charge in [-0.3, -0.25) is 9.36 Å². The number of fused-ring (bicyclic) bond motifs is 1. The fourth-order valence-corrected chi connectivity index (χ4v) is 3.50. The summed E-state index contributed by atoms with van der Waals surface area (Å²) in [5, 5.41) is 4.28. The van der Waals surface area contributed by atoms with Crippen molar-refractivity contribution in [2.24, 2.45) is 0 Å². The number of rotatable bonds is 5. The van der Waals surface area contributed by atoms with Gasteiger partial charge in [-0.25, -0.2) is 8.91 Å². The molecule has 0 saturated heterocycles. The normalized spacial score (nSPS) is 11.8. The minimum absolute atomic E-state index is 0.0140. The van der Waals surface area contributed by atoms with E-state index in [2.05, 4.69) is 9.84 Å². The average Bonchev–Trinajstić information content (AvgIpc) is 2.91. The van der Waals surface area contributed by atoms with Gasteiger partial charge < -0.3 is 4.74 Å². The summed E-state index contributed by atoms with van der Waals surface area (Å²) in [4.78, 5) is 13.1. The molecular weight excluding hydrogens is 395 g/mol. The summed E-state index contributed by atoms with van der Waals surface area (Å²) in [6.07, 6.45) is 0. The van der Waals surface area contributed by atoms with Gasteiger partial charge in [0.1, 0.15) is 17.1 Å². The summed E-state index contributed by atoms with van der Waals surface area (Å²) in [6.45, 7) is 4.58. The van der Waals surface area contributed by atoms with E-state index in [1.165, 1.54) is 9.08 Å². The lowest BCUT2D eigenvalue weighted by atomic mass is 10.1. The standard InChI is InChI=1S/C19H19ClF3N3O2/c1-5-25-17(15-13(20)7-11(8-14(15)21)28-19(22)23)24-26-10(4)6-12(9(2)3)16(26)18(25)27/h6-9,19H,5H2,1-4H3. The number of benzene rings is 1. The molecule has 9 heteroatoms. The third-order valence-corrected chi connectivity index (χ3v) is 4.78. The molecule has 2 heterocycles. The number of alkyl halides is 2. The molecule has 2 aromatic heterocycles. The summed E-state index contributed by atoms with van der Waals surface area (Å²) in [5.74, 6) is -1.21. The molecule has 5 nitrogen and oxygen atoms in total. The first-order valence-corrected chi connectivity index (χ1v) is 9.10. The Morgan fingerprint density at radius 1 is 1.25 bits per heavy atom. The molecular formula is C19H19ClF3N3O2. The first-order valence-electron chi connectivity index (χ1n) is 8.73. The van der Waals surface area contributed by atoms with Crippen molar-refractivity contribution >= 4 is 17.1 Å². The number of aromatic nitrogens is 3. The van der Waals surface area contributed by atoms with Crippen LogP contribution < -0.4 is 10.3 Å². The van der Waals surface area contributed by atoms with Gasteiger partial charge in [0.25, 0.3) is 5.56 Å². The Morgan fingerprint density at radius 3 is 2.46 bits per heavy atom. The molecule has 0 aliphatic carbocycles. The van der Waals surface area contributed by atoms with Crippen LogP contribution in [-0.2, 0) is 6.54 Å². The molecule has 0 unspecified atom stereocenters. The Morgan fingerprint density at radius 2 is 1.93 bits per heavy atom. The summed E-state index contributed by atoms with van der Waals surface area (Å²) in [5.41, 5.74) is 1.51. The third-order valence-electron chi connectivity index (χ3n) is 4.48. The first-order chi connectivity index (χ1) is 13.1. The largest absolute Gasteiger partial charge is 0.435 e. The number of nitrogens with zero attached hydrogens (tertiary/aromatic N) is 3. The predicted molar refractivity (Wildman–Crippen MR) is 101 cm³/mol. The number of hydrogen-bond acceptors (Lipinski definition) is 3. The van der Waals surface area contributed by atoms with Gasteiger partial charge >= 0.3 is 6.61 Å². The summed E-state index contributed by atoms with van der Waals surface area (Å²) >= 11 is 6.15. The number of halogens is 4. The van der Waals surface area contributed by atoms with Gasteiger partial charge in [0.05, 0.1) is 10.6 Å². The second kappa shape index (κ2) is 7.50. The molecule has 3 rings (SSSR count). The number of aryl methyl sites for hydroxylation is 1. The van der Waals surface area contributed by atoms with E-state index in [1.54, 1.807) is 13.8 Å². The van der Waals surface area contributed by atoms with Gasteiger partial charge in [-0.15, -0.1) is 5.10 Å². The molecule has 0 radical (unpaired) electrons. The van der Waals surface area contributed by atoms with Crippen LogP contribution >= 0.6 is 11.6 Å². The topological polar surface area (TPSA) is 48.5 Å². The summed E-state index contributed by atoms with van der Waals surface area (Å²) in [6, 6.07) is 3.74. The fourth-order valence-electron chi connectivity index (χ4n) is 3.22. The van der Waals surface area contributed by atoms with Crippen LogP contribution in [0.15, 0.2) is 23.0 Å². The van der Waals surface area contributed by atoms with E-state index in [0.717, 1.165) is 23.4 Å². The molecule has 0 aliphatic heterocycles. The van der Waals surface area contributed by atoms with Crippen LogP contribution in [0, 0.1) is 12.7 Å². The van der Waals surface area contributed by atoms with Crippen molar-refractivity contribution < 1.29 is 17.9 Å². The highest BCUT2D eigenvalue weighted by Crippen LogP contribution is 2.34. The second-order valence-electron chi connectivity index (χ2n) is 6.67. The van der Waals surface area contributed by atoms with Crippen molar-refractivity contribution in [2.75, 3.05) is 0 Å². The Kier molecular flexibility index (Phi) is 5.43. The molecule has 0 bridgehead atoms. The molecule has 0 N–H and O–H groups in total. The SMILES string of the molecule is CCn1c(-c2c(F)cc(OC(F)F)cc2Cl)nn2c(C)cc(C(C)C)c2c1=O. The Bertz CT molecular complexity index is 1080. The van der Waals surface area contributed by atoms with Crippen molar-refractivity contribution in [1.82, 2.24) is 14.2 Å². The lowest BCUT2D eigenvalue weighted by molar-refractivity contribution is -0.0499. The molecule has 0 amide bonds. The molecule has 0 saturated carbocycles. The number of hydrogen-bond donors (Lipinski definition) is 0. The van der Waals surface area contributed by atoms with Crippen LogP contribution in [0.25, 0.3) is 16.9 Å². The van der Waals surface area contributed by atoms with Gasteiger partial charge in [0, 0.05) is 18.3 Å². The van der Waals surface area contributed by atoms with Crippen LogP contribution in [0.3, 0.4) is 0 Å². The lowest BCUT2D eigenvalue weighted by Crippen LogP contribution is -2.26. The van der Waals surface area contributed by atoms with E-state index in [4.69, 9.17) is 11.6 Å². The van der Waals surface area contributed by atoms with E-state index in [1.807, 2.05) is 19.9 Å². The molecule has 0 aliphatic rings. The van der Waals surface area contributed by atoms with Gasteiger partial charge in [0.15, 0.2) is 5.82 Å². The zero-order valence-corrected chi connectivity index (χ0v) is 16.5. The quantitative estimate of drug-likeness (QED) is 0.590. The zero-order chi connectivity index (χ0) is 20.7. The Labute approximate surface area is 164 Å². The third kappa shape index (κ3) is 3.37. The fraction of sp³-hybridized carbons (Fsp3) is 0.368. The van der Waals surface area contributed by atoms with Crippen molar-refractivity contribution in [3.63, 3.8) is 0 Å². The van der Waals surface area contributed by atoms with Crippen LogP contribution in [0.1, 0.15) is 37.9 Å². The van der Waals surface area contributed by atoms with E-state index in [-0.39, 0.29) is 34.4 Å². The monoisotopic (exact) mass is 413 g/mol. The highest BCUT2D eigenvalue weighted by molar-refractivity contribution is 6.33. The Hall–Kier alpha value is -2.48. The molecule has 3 aromatic rings. The maximum Gasteiger partial charge on any atom is 0.387 e. The minimum Gasteiger partial charge on any atom is -0.435 e. The highest BCUT2D eigenvalue weighted by atomic mass is 35.5. The molecule has 150 valence electrons. The van der Waals surface area contributed by atoms with Crippen molar-refractivity contribution in [3.05, 3.63) is 50.7 Å². The zero-order valence-electron chi connectivity index (χ0n) is 15.8. The van der Waals surface area contributed by atoms with Crippen molar-refractivity contribution in [3.8, 4) is 17.1 Å². The molecule has 0 spiro atoms. The van der Waals surface area contributed by atoms with Crippen LogP contribution in [0.4, 0.5) is 13.2 Å². The van der Waals surface area contributed by atoms with E-state index >= 15 is 0 Å². The van der Waals surface area contributed by atoms with Crippen LogP contribution in [0.2, 0.25) is 5.02 Å². The van der Waals surface area contributed by atoms with Crippen LogP contribution in [-0.4, -0.2) is 20.8 Å². The average molecular weight is 414 g/mol. The highest BCUT2D eigenvalue weighted by Gasteiger charge is 2.23. The smallest absolute Gasteiger partial charge is 0.387 e. The van der Waals surface area contributed by atoms with E-state index in [9.17, 15) is 18.0 Å². The van der Waals surface area contributed by atoms with Gasteiger partial charge in [0.2, 0.25) is 0 Å². The molecule has 28 heavy (non-hydrogen) atoms. The summed E-state index contributed by atoms with van der Waals surface area (Å²) < 4.78 is 46.6. The van der Waals surface area contributed by atoms with Gasteiger partial charge in [-0.05, 0) is 37.5 Å². The lowest BCUT2D eigenvalue weighted by Gasteiger charge is -2.15. The maximum absolute atomic E-state index is 14.8. The van der Waals surface area contributed by atoms with Crippen molar-refractivity contribution in [1.29, 1.82) is 0 Å². The molecule has 1 aromatic carbocycles. The first kappa shape index (κ1) is 20.3. The van der Waals surface area contributed by atoms with E-state index in [0.29, 0.717) is 5.52 Å². The predicted octanol–water partition coefficient (Wildman–Crippen LogP) is 5.01. The summed E-state index contributed by atoms with van der Waals surface area (Å²) in [7, 11) is 0. The van der Waals surface area contributed by atoms with Crippen molar-refractivity contribution in [2.45, 2.75) is 46.8 Å². The Balaban J connectivity index is 2.33. The minimum atomic E-state index is -3.11. The number of ether oxygens (including phenoxy) is 1. The molecule has 0 fully saturated rings. The van der Waals surface area contributed by atoms with Crippen LogP contribution in [0.5, 0.6) is 5.75 Å². The maximum atomic E-state index is 14.8. The van der Waals surface area contributed by atoms with E-state index < -0.39 is 18.2 Å². The molecule has 0 atom stereocenters. The van der Waals surface area contributed by atoms with Gasteiger partial charge in [-0.2, -0.15) is 8.78 Å². The van der Waals surface area contributed by atoms with Gasteiger partial charge in [-0.1, -0.05) is 25.4 Å². The second-order valence-corrected chi connectivity index (χ2v) is 7.08.